The first kappa shape index (κ1) is 27.3. The Morgan fingerprint density at radius 2 is 1.36 bits per heavy atom. The van der Waals surface area contributed by atoms with E-state index in [1.54, 1.807) is 0 Å². The second kappa shape index (κ2) is 10.8. The Kier molecular flexibility index (Phi) is 6.29. The number of aromatic nitrogens is 2. The van der Waals surface area contributed by atoms with Crippen LogP contribution >= 0.6 is 0 Å². The molecule has 5 aromatic carbocycles. The minimum absolute atomic E-state index is 0.876. The molecule has 7 aromatic rings. The Bertz CT molecular complexity index is 2490. The third-order valence-electron chi connectivity index (χ3n) is 9.92. The summed E-state index contributed by atoms with van der Waals surface area (Å²) in [5.41, 5.74) is 16.9. The van der Waals surface area contributed by atoms with Crippen LogP contribution in [-0.4, -0.2) is 9.55 Å². The molecule has 47 heavy (non-hydrogen) atoms. The molecule has 0 aliphatic heterocycles. The van der Waals surface area contributed by atoms with Crippen LogP contribution in [0.3, 0.4) is 0 Å². The fourth-order valence-corrected chi connectivity index (χ4v) is 8.00. The van der Waals surface area contributed by atoms with Gasteiger partial charge in [-0.15, -0.1) is 0 Å². The van der Waals surface area contributed by atoms with E-state index in [0.717, 1.165) is 35.3 Å². The van der Waals surface area contributed by atoms with Gasteiger partial charge in [0.1, 0.15) is 0 Å². The van der Waals surface area contributed by atoms with E-state index >= 15 is 0 Å². The van der Waals surface area contributed by atoms with E-state index in [4.69, 9.17) is 4.98 Å². The van der Waals surface area contributed by atoms with Crippen LogP contribution in [0.1, 0.15) is 33.5 Å². The van der Waals surface area contributed by atoms with E-state index in [1.807, 2.05) is 24.4 Å². The molecule has 2 heterocycles. The van der Waals surface area contributed by atoms with Crippen molar-refractivity contribution in [3.05, 3.63) is 174 Å². The predicted octanol–water partition coefficient (Wildman–Crippen LogP) is 11.5. The number of hydrogen-bond acceptors (Lipinski definition) is 1. The van der Waals surface area contributed by atoms with Gasteiger partial charge in [0.25, 0.3) is 0 Å². The van der Waals surface area contributed by atoms with E-state index in [0.29, 0.717) is 0 Å². The molecule has 0 saturated carbocycles. The minimum atomic E-state index is 0.876. The van der Waals surface area contributed by atoms with Crippen LogP contribution in [0.15, 0.2) is 141 Å². The zero-order valence-electron chi connectivity index (χ0n) is 26.1. The molecule has 0 fully saturated rings. The second-order valence-electron chi connectivity index (χ2n) is 12.3. The van der Waals surface area contributed by atoms with E-state index in [2.05, 4.69) is 139 Å². The summed E-state index contributed by atoms with van der Waals surface area (Å²) in [5, 5.41) is 3.66. The molecule has 0 unspecified atom stereocenters. The number of rotatable bonds is 5. The lowest BCUT2D eigenvalue weighted by Gasteiger charge is -2.24. The normalized spacial score (nSPS) is 12.9. The maximum Gasteiger partial charge on any atom is 0.0705 e. The second-order valence-corrected chi connectivity index (χ2v) is 12.3. The first-order valence-corrected chi connectivity index (χ1v) is 16.2. The summed E-state index contributed by atoms with van der Waals surface area (Å²) in [6.07, 6.45) is 16.5. The van der Waals surface area contributed by atoms with Gasteiger partial charge in [-0.25, -0.2) is 0 Å². The highest BCUT2D eigenvalue weighted by Gasteiger charge is 2.29. The van der Waals surface area contributed by atoms with Gasteiger partial charge in [0, 0.05) is 28.1 Å². The van der Waals surface area contributed by atoms with Crippen molar-refractivity contribution < 1.29 is 0 Å². The zero-order valence-corrected chi connectivity index (χ0v) is 26.1. The molecular weight excluding hydrogens is 569 g/mol. The summed E-state index contributed by atoms with van der Waals surface area (Å²) in [5.74, 6) is 0. The Morgan fingerprint density at radius 1 is 0.617 bits per heavy atom. The fourth-order valence-electron chi connectivity index (χ4n) is 8.00. The van der Waals surface area contributed by atoms with Crippen molar-refractivity contribution in [2.45, 2.75) is 12.8 Å². The molecule has 2 aromatic heterocycles. The van der Waals surface area contributed by atoms with Gasteiger partial charge < -0.3 is 4.57 Å². The highest BCUT2D eigenvalue weighted by molar-refractivity contribution is 6.12. The van der Waals surface area contributed by atoms with Crippen LogP contribution in [0, 0.1) is 0 Å². The number of allylic oxidation sites excluding steroid dienone is 3. The van der Waals surface area contributed by atoms with Crippen LogP contribution in [-0.2, 0) is 12.8 Å². The molecule has 0 bridgehead atoms. The predicted molar refractivity (Wildman–Crippen MR) is 200 cm³/mol. The minimum Gasteiger partial charge on any atom is -0.308 e. The maximum absolute atomic E-state index is 4.77. The molecule has 0 atom stereocenters. The van der Waals surface area contributed by atoms with Crippen LogP contribution in [0.25, 0.3) is 79.1 Å². The van der Waals surface area contributed by atoms with Crippen LogP contribution in [0.5, 0.6) is 0 Å². The Morgan fingerprint density at radius 3 is 2.19 bits per heavy atom. The number of nitrogens with zero attached hydrogens (tertiary/aromatic N) is 2. The molecule has 2 aliphatic rings. The fraction of sp³-hybridized carbons (Fsp3) is 0.0444. The summed E-state index contributed by atoms with van der Waals surface area (Å²) >= 11 is 0. The van der Waals surface area contributed by atoms with Crippen molar-refractivity contribution in [2.75, 3.05) is 0 Å². The summed E-state index contributed by atoms with van der Waals surface area (Å²) in [6, 6.07) is 37.2. The quantitative estimate of drug-likeness (QED) is 0.192. The third kappa shape index (κ3) is 4.01. The summed E-state index contributed by atoms with van der Waals surface area (Å²) in [4.78, 5) is 4.77. The highest BCUT2D eigenvalue weighted by Crippen LogP contribution is 2.51. The Balaban J connectivity index is 1.42. The lowest BCUT2D eigenvalue weighted by Crippen LogP contribution is -2.05. The number of pyridine rings is 1. The molecule has 0 saturated heterocycles. The Labute approximate surface area is 275 Å². The SMILES string of the molecule is C=Cc1c(C=C)c(-n2c3c(c4ccccc42)CC=CC=C3)c2ccccc2c1-c1ccc(-c2ccccn2)c2c1-c1ccccc1C2. The molecule has 2 nitrogen and oxygen atoms in total. The largest absolute Gasteiger partial charge is 0.308 e. The van der Waals surface area contributed by atoms with Crippen LogP contribution in [0.2, 0.25) is 0 Å². The van der Waals surface area contributed by atoms with Crippen molar-refractivity contribution in [1.82, 2.24) is 9.55 Å². The standard InChI is InChI=1S/C45H32N2/c1-3-30-31(4-2)45(47-41-23-7-5-6-18-34(41)35-19-12-13-24-42(35)47)37-21-11-10-20-36(37)43(30)38-26-25-33(40-22-14-15-27-46-40)39-28-29-16-8-9-17-32(29)44(38)39/h3-17,19-27H,1-2,18,28H2. The number of fused-ring (bicyclic) bond motifs is 7. The van der Waals surface area contributed by atoms with E-state index in [1.165, 1.54) is 71.9 Å². The van der Waals surface area contributed by atoms with E-state index in [-0.39, 0.29) is 0 Å². The topological polar surface area (TPSA) is 17.8 Å². The van der Waals surface area contributed by atoms with Crippen LogP contribution < -0.4 is 0 Å². The molecule has 0 N–H and O–H groups in total. The molecule has 0 radical (unpaired) electrons. The van der Waals surface area contributed by atoms with E-state index < -0.39 is 0 Å². The first-order valence-electron chi connectivity index (χ1n) is 16.2. The van der Waals surface area contributed by atoms with E-state index in [9.17, 15) is 0 Å². The summed E-state index contributed by atoms with van der Waals surface area (Å²) < 4.78 is 2.45. The summed E-state index contributed by atoms with van der Waals surface area (Å²) in [7, 11) is 0. The molecule has 9 rings (SSSR count). The van der Waals surface area contributed by atoms with Gasteiger partial charge in [0.15, 0.2) is 0 Å². The highest BCUT2D eigenvalue weighted by atomic mass is 15.0. The van der Waals surface area contributed by atoms with Gasteiger partial charge in [-0.2, -0.15) is 0 Å². The lowest BCUT2D eigenvalue weighted by molar-refractivity contribution is 1.09. The monoisotopic (exact) mass is 600 g/mol. The molecule has 0 spiro atoms. The summed E-state index contributed by atoms with van der Waals surface area (Å²) in [6.45, 7) is 8.86. The van der Waals surface area contributed by atoms with Gasteiger partial charge in [0.05, 0.1) is 22.6 Å². The molecule has 2 heteroatoms. The number of hydrogen-bond donors (Lipinski definition) is 0. The van der Waals surface area contributed by atoms with Gasteiger partial charge in [0.2, 0.25) is 0 Å². The average Bonchev–Trinajstić information content (AvgIpc) is 3.55. The van der Waals surface area contributed by atoms with Gasteiger partial charge in [-0.05, 0) is 87.0 Å². The molecular formula is C45H32N2. The van der Waals surface area contributed by atoms with Crippen molar-refractivity contribution in [2.24, 2.45) is 0 Å². The van der Waals surface area contributed by atoms with Crippen molar-refractivity contribution >= 4 is 39.9 Å². The maximum atomic E-state index is 4.77. The van der Waals surface area contributed by atoms with Crippen molar-refractivity contribution in [3.8, 4) is 39.2 Å². The van der Waals surface area contributed by atoms with Crippen molar-refractivity contribution in [1.29, 1.82) is 0 Å². The lowest BCUT2D eigenvalue weighted by atomic mass is 9.83. The van der Waals surface area contributed by atoms with Crippen molar-refractivity contribution in [3.63, 3.8) is 0 Å². The van der Waals surface area contributed by atoms with Gasteiger partial charge >= 0.3 is 0 Å². The molecule has 222 valence electrons. The number of benzene rings is 5. The average molecular weight is 601 g/mol. The molecule has 2 aliphatic carbocycles. The molecule has 0 amide bonds. The van der Waals surface area contributed by atoms with Crippen LogP contribution in [0.4, 0.5) is 0 Å². The smallest absolute Gasteiger partial charge is 0.0705 e. The zero-order chi connectivity index (χ0) is 31.5. The first-order chi connectivity index (χ1) is 23.3. The third-order valence-corrected chi connectivity index (χ3v) is 9.92. The Hall–Kier alpha value is -5.99. The van der Waals surface area contributed by atoms with Gasteiger partial charge in [-0.1, -0.05) is 128 Å². The van der Waals surface area contributed by atoms with Gasteiger partial charge in [-0.3, -0.25) is 4.98 Å². The number of para-hydroxylation sites is 1.